The van der Waals surface area contributed by atoms with Gasteiger partial charge in [0.15, 0.2) is 11.5 Å². The van der Waals surface area contributed by atoms with Crippen LogP contribution >= 0.6 is 15.9 Å². The first-order valence-corrected chi connectivity index (χ1v) is 9.84. The van der Waals surface area contributed by atoms with Crippen molar-refractivity contribution in [1.29, 1.82) is 0 Å². The van der Waals surface area contributed by atoms with Gasteiger partial charge >= 0.3 is 0 Å². The van der Waals surface area contributed by atoms with E-state index in [-0.39, 0.29) is 5.56 Å². The summed E-state index contributed by atoms with van der Waals surface area (Å²) in [5.74, 6) is 1.80. The number of ether oxygens (including phenoxy) is 2. The van der Waals surface area contributed by atoms with Crippen LogP contribution in [0.3, 0.4) is 0 Å². The van der Waals surface area contributed by atoms with Crippen molar-refractivity contribution >= 4 is 33.0 Å². The van der Waals surface area contributed by atoms with E-state index in [1.54, 1.807) is 26.5 Å². The predicted molar refractivity (Wildman–Crippen MR) is 115 cm³/mol. The van der Waals surface area contributed by atoms with Crippen LogP contribution in [0, 0.1) is 0 Å². The number of para-hydroxylation sites is 1. The first-order valence-electron chi connectivity index (χ1n) is 9.05. The molecule has 1 heterocycles. The van der Waals surface area contributed by atoms with Crippen LogP contribution in [0.25, 0.3) is 10.9 Å². The Balaban J connectivity index is 2.15. The minimum atomic E-state index is -0.199. The summed E-state index contributed by atoms with van der Waals surface area (Å²) in [6.45, 7) is 2.10. The van der Waals surface area contributed by atoms with Crippen molar-refractivity contribution in [3.63, 3.8) is 0 Å². The lowest BCUT2D eigenvalue weighted by molar-refractivity contribution is 0.354. The van der Waals surface area contributed by atoms with Gasteiger partial charge in [0.05, 0.1) is 31.3 Å². The van der Waals surface area contributed by atoms with Gasteiger partial charge in [0.25, 0.3) is 5.56 Å². The molecule has 3 rings (SSSR count). The molecule has 0 N–H and O–H groups in total. The number of methoxy groups -OCH3 is 2. The van der Waals surface area contributed by atoms with Gasteiger partial charge in [-0.15, -0.1) is 0 Å². The highest BCUT2D eigenvalue weighted by Gasteiger charge is 2.12. The zero-order valence-electron chi connectivity index (χ0n) is 16.1. The highest BCUT2D eigenvalue weighted by molar-refractivity contribution is 9.10. The molecule has 0 amide bonds. The molecule has 28 heavy (non-hydrogen) atoms. The zero-order chi connectivity index (χ0) is 20.1. The number of nitrogens with zero attached hydrogens (tertiary/aromatic N) is 3. The second kappa shape index (κ2) is 9.01. The summed E-state index contributed by atoms with van der Waals surface area (Å²) in [5, 5.41) is 4.98. The molecule has 0 radical (unpaired) electrons. The van der Waals surface area contributed by atoms with Crippen molar-refractivity contribution < 1.29 is 9.47 Å². The average molecular weight is 444 g/mol. The monoisotopic (exact) mass is 443 g/mol. The van der Waals surface area contributed by atoms with Gasteiger partial charge in [0, 0.05) is 16.5 Å². The van der Waals surface area contributed by atoms with Gasteiger partial charge in [0.2, 0.25) is 0 Å². The Kier molecular flexibility index (Phi) is 6.46. The normalized spacial score (nSPS) is 11.3. The molecule has 6 nitrogen and oxygen atoms in total. The van der Waals surface area contributed by atoms with E-state index in [9.17, 15) is 4.79 Å². The van der Waals surface area contributed by atoms with E-state index in [1.807, 2.05) is 30.3 Å². The largest absolute Gasteiger partial charge is 0.493 e. The van der Waals surface area contributed by atoms with Gasteiger partial charge in [-0.2, -0.15) is 9.78 Å². The van der Waals surface area contributed by atoms with Crippen molar-refractivity contribution in [2.24, 2.45) is 5.10 Å². The number of hydrogen-bond donors (Lipinski definition) is 0. The van der Waals surface area contributed by atoms with Gasteiger partial charge in [0.1, 0.15) is 5.82 Å². The van der Waals surface area contributed by atoms with Crippen LogP contribution in [-0.2, 0) is 6.42 Å². The summed E-state index contributed by atoms with van der Waals surface area (Å²) in [4.78, 5) is 17.8. The Morgan fingerprint density at radius 2 is 2.04 bits per heavy atom. The lowest BCUT2D eigenvalue weighted by Crippen LogP contribution is -2.22. The molecule has 2 aromatic carbocycles. The Labute approximate surface area is 171 Å². The van der Waals surface area contributed by atoms with Crippen molar-refractivity contribution in [2.45, 2.75) is 26.2 Å². The maximum Gasteiger partial charge on any atom is 0.282 e. The van der Waals surface area contributed by atoms with Crippen LogP contribution in [0.15, 0.2) is 50.8 Å². The molecule has 0 saturated heterocycles. The maximum absolute atomic E-state index is 13.1. The SMILES string of the molecule is CCCCc1nc2ccc(Br)cc2c(=O)n1N=Cc1cccc(OC)c1OC. The first kappa shape index (κ1) is 20.1. The fourth-order valence-electron chi connectivity index (χ4n) is 2.94. The summed E-state index contributed by atoms with van der Waals surface area (Å²) >= 11 is 3.42. The second-order valence-corrected chi connectivity index (χ2v) is 7.15. The molecule has 0 bridgehead atoms. The van der Waals surface area contributed by atoms with Crippen LogP contribution in [0.4, 0.5) is 0 Å². The van der Waals surface area contributed by atoms with E-state index in [1.165, 1.54) is 4.68 Å². The standard InChI is InChI=1S/C21H22BrN3O3/c1-4-5-9-19-24-17-11-10-15(22)12-16(17)21(26)25(19)23-13-14-7-6-8-18(27-2)20(14)28-3/h6-8,10-13H,4-5,9H2,1-3H3. The predicted octanol–water partition coefficient (Wildman–Crippen LogP) is 4.40. The fourth-order valence-corrected chi connectivity index (χ4v) is 3.31. The highest BCUT2D eigenvalue weighted by Crippen LogP contribution is 2.29. The number of unbranched alkanes of at least 4 members (excludes halogenated alkanes) is 1. The minimum Gasteiger partial charge on any atom is -0.493 e. The van der Waals surface area contributed by atoms with Crippen molar-refractivity contribution in [1.82, 2.24) is 9.66 Å². The molecular weight excluding hydrogens is 422 g/mol. The molecule has 1 aromatic heterocycles. The first-order chi connectivity index (χ1) is 13.6. The van der Waals surface area contributed by atoms with Gasteiger partial charge in [-0.1, -0.05) is 35.3 Å². The third-order valence-electron chi connectivity index (χ3n) is 4.38. The van der Waals surface area contributed by atoms with Gasteiger partial charge in [-0.05, 0) is 36.8 Å². The Hall–Kier alpha value is -2.67. The molecule has 0 fully saturated rings. The van der Waals surface area contributed by atoms with Crippen LogP contribution in [-0.4, -0.2) is 30.1 Å². The van der Waals surface area contributed by atoms with Gasteiger partial charge < -0.3 is 9.47 Å². The number of halogens is 1. The van der Waals surface area contributed by atoms with E-state index in [4.69, 9.17) is 9.47 Å². The zero-order valence-corrected chi connectivity index (χ0v) is 17.7. The molecule has 7 heteroatoms. The lowest BCUT2D eigenvalue weighted by Gasteiger charge is -2.11. The third-order valence-corrected chi connectivity index (χ3v) is 4.87. The molecule has 146 valence electrons. The third kappa shape index (κ3) is 4.09. The molecule has 0 aliphatic carbocycles. The molecule has 0 aliphatic heterocycles. The van der Waals surface area contributed by atoms with E-state index < -0.39 is 0 Å². The quantitative estimate of drug-likeness (QED) is 0.507. The van der Waals surface area contributed by atoms with Crippen LogP contribution in [0.1, 0.15) is 31.2 Å². The van der Waals surface area contributed by atoms with Crippen LogP contribution in [0.5, 0.6) is 11.5 Å². The van der Waals surface area contributed by atoms with E-state index in [0.29, 0.717) is 40.2 Å². The molecular formula is C21H22BrN3O3. The van der Waals surface area contributed by atoms with Crippen LogP contribution in [0.2, 0.25) is 0 Å². The number of aromatic nitrogens is 2. The Morgan fingerprint density at radius 1 is 1.21 bits per heavy atom. The molecule has 0 aliphatic rings. The number of hydrogen-bond acceptors (Lipinski definition) is 5. The Bertz CT molecular complexity index is 1080. The van der Waals surface area contributed by atoms with E-state index in [0.717, 1.165) is 17.3 Å². The number of aryl methyl sites for hydroxylation is 1. The van der Waals surface area contributed by atoms with E-state index in [2.05, 4.69) is 32.9 Å². The second-order valence-electron chi connectivity index (χ2n) is 6.24. The van der Waals surface area contributed by atoms with Gasteiger partial charge in [-0.3, -0.25) is 4.79 Å². The summed E-state index contributed by atoms with van der Waals surface area (Å²) in [7, 11) is 3.15. The van der Waals surface area contributed by atoms with Crippen molar-refractivity contribution in [3.8, 4) is 11.5 Å². The fraction of sp³-hybridized carbons (Fsp3) is 0.286. The lowest BCUT2D eigenvalue weighted by atomic mass is 10.2. The summed E-state index contributed by atoms with van der Waals surface area (Å²) < 4.78 is 13.0. The summed E-state index contributed by atoms with van der Waals surface area (Å²) in [5.41, 5.74) is 1.18. The smallest absolute Gasteiger partial charge is 0.282 e. The number of rotatable bonds is 7. The Morgan fingerprint density at radius 3 is 2.75 bits per heavy atom. The van der Waals surface area contributed by atoms with Crippen molar-refractivity contribution in [2.75, 3.05) is 14.2 Å². The average Bonchev–Trinajstić information content (AvgIpc) is 2.71. The maximum atomic E-state index is 13.1. The molecule has 0 spiro atoms. The molecule has 0 atom stereocenters. The molecule has 0 saturated carbocycles. The summed E-state index contributed by atoms with van der Waals surface area (Å²) in [6, 6.07) is 11.0. The highest BCUT2D eigenvalue weighted by atomic mass is 79.9. The minimum absolute atomic E-state index is 0.199. The van der Waals surface area contributed by atoms with E-state index >= 15 is 0 Å². The molecule has 0 unspecified atom stereocenters. The number of benzene rings is 2. The summed E-state index contributed by atoms with van der Waals surface area (Å²) in [6.07, 6.45) is 4.20. The van der Waals surface area contributed by atoms with Gasteiger partial charge in [-0.25, -0.2) is 4.98 Å². The van der Waals surface area contributed by atoms with Crippen molar-refractivity contribution in [3.05, 3.63) is 62.6 Å². The topological polar surface area (TPSA) is 65.7 Å². The molecule has 3 aromatic rings. The number of fused-ring (bicyclic) bond motifs is 1. The van der Waals surface area contributed by atoms with Crippen LogP contribution < -0.4 is 15.0 Å².